The SMILES string of the molecule is CN=CC(=CN)c1cc2c(cc1C(F)F)N(C(N)C1=C(NC3CCN(Cc4ccc(CCNc5cccc6c5CN(C5CCC(=O)NC5=O)C6=O)cc4)CC3)CCN(C(C)=O)C1)CCC2. The number of fused-ring (bicyclic) bond motifs is 2. The van der Waals surface area contributed by atoms with E-state index in [2.05, 4.69) is 50.1 Å². The largest absolute Gasteiger partial charge is 0.404 e. The van der Waals surface area contributed by atoms with Crippen LogP contribution >= 0.6 is 0 Å². The number of aliphatic imine (C=N–C) groups is 1. The highest BCUT2D eigenvalue weighted by molar-refractivity contribution is 6.10. The van der Waals surface area contributed by atoms with Crippen molar-refractivity contribution in [1.82, 2.24) is 25.3 Å². The van der Waals surface area contributed by atoms with Gasteiger partial charge in [-0.3, -0.25) is 34.4 Å². The van der Waals surface area contributed by atoms with Gasteiger partial charge in [-0.05, 0) is 85.0 Å². The molecule has 0 spiro atoms. The highest BCUT2D eigenvalue weighted by Crippen LogP contribution is 2.39. The highest BCUT2D eigenvalue weighted by Gasteiger charge is 2.40. The summed E-state index contributed by atoms with van der Waals surface area (Å²) in [5.74, 6) is -0.924. The standard InChI is InChI=1S/C49H60F2N10O4/c1-30(62)59-22-17-42(40(28-59)47(53)60-19-4-5-33-23-37(34(25-52)26-54-2)38(46(50)51)24-44(33)60)56-35-15-20-58(21-16-35)27-32-10-8-31(9-11-32)14-18-55-41-7-3-6-36-39(41)29-61(49(36)65)43-12-13-45(63)57-48(43)64/h3,6-11,23-26,35,43,46-47,55-56H,4-5,12-22,27-29,52-53H2,1-2H3,(H,57,63,64). The Morgan fingerprint density at radius 2 is 1.74 bits per heavy atom. The number of nitrogens with two attached hydrogens (primary N) is 2. The Kier molecular flexibility index (Phi) is 13.9. The molecule has 2 saturated heterocycles. The van der Waals surface area contributed by atoms with E-state index in [-0.39, 0.29) is 35.7 Å². The fraction of sp³-hybridized carbons (Fsp3) is 0.449. The third-order valence-electron chi connectivity index (χ3n) is 13.6. The van der Waals surface area contributed by atoms with Gasteiger partial charge in [0, 0.05) is 143 Å². The minimum Gasteiger partial charge on any atom is -0.404 e. The van der Waals surface area contributed by atoms with Crippen LogP contribution in [-0.4, -0.2) is 109 Å². The van der Waals surface area contributed by atoms with E-state index in [1.165, 1.54) is 23.5 Å². The molecule has 5 heterocycles. The lowest BCUT2D eigenvalue weighted by Gasteiger charge is -2.42. The maximum Gasteiger partial charge on any atom is 0.264 e. The van der Waals surface area contributed by atoms with Gasteiger partial charge in [0.1, 0.15) is 12.2 Å². The summed E-state index contributed by atoms with van der Waals surface area (Å²) in [6.07, 6.45) is 4.86. The minimum absolute atomic E-state index is 0.0236. The lowest BCUT2D eigenvalue weighted by Crippen LogP contribution is -2.52. The minimum atomic E-state index is -2.73. The summed E-state index contributed by atoms with van der Waals surface area (Å²) in [4.78, 5) is 62.0. The number of allylic oxidation sites excluding steroid dienone is 1. The first-order chi connectivity index (χ1) is 31.4. The number of aryl methyl sites for hydroxylation is 1. The van der Waals surface area contributed by atoms with Crippen LogP contribution in [0.1, 0.15) is 95.6 Å². The van der Waals surface area contributed by atoms with Gasteiger partial charge in [-0.15, -0.1) is 0 Å². The van der Waals surface area contributed by atoms with Crippen molar-refractivity contribution in [1.29, 1.82) is 0 Å². The van der Waals surface area contributed by atoms with Gasteiger partial charge in [-0.1, -0.05) is 30.3 Å². The number of hydrogen-bond acceptors (Lipinski definition) is 11. The average molecular weight is 891 g/mol. The second-order valence-corrected chi connectivity index (χ2v) is 17.7. The van der Waals surface area contributed by atoms with Crippen molar-refractivity contribution in [3.8, 4) is 0 Å². The molecule has 16 heteroatoms. The van der Waals surface area contributed by atoms with Gasteiger partial charge in [0.25, 0.3) is 12.3 Å². The van der Waals surface area contributed by atoms with Crippen LogP contribution in [0.25, 0.3) is 5.57 Å². The van der Waals surface area contributed by atoms with Gasteiger partial charge in [-0.2, -0.15) is 0 Å². The van der Waals surface area contributed by atoms with Gasteiger partial charge >= 0.3 is 0 Å². The molecule has 0 aromatic heterocycles. The van der Waals surface area contributed by atoms with Crippen LogP contribution in [0, 0.1) is 0 Å². The summed E-state index contributed by atoms with van der Waals surface area (Å²) in [7, 11) is 1.58. The molecule has 7 N–H and O–H groups in total. The monoisotopic (exact) mass is 890 g/mol. The van der Waals surface area contributed by atoms with Crippen LogP contribution in [0.2, 0.25) is 0 Å². The average Bonchev–Trinajstić information content (AvgIpc) is 3.64. The number of halogens is 2. The molecule has 2 fully saturated rings. The molecule has 0 bridgehead atoms. The molecule has 4 amide bonds. The maximum atomic E-state index is 14.6. The lowest BCUT2D eigenvalue weighted by molar-refractivity contribution is -0.137. The van der Waals surface area contributed by atoms with Crippen LogP contribution in [0.5, 0.6) is 0 Å². The highest BCUT2D eigenvalue weighted by atomic mass is 19.3. The van der Waals surface area contributed by atoms with Crippen molar-refractivity contribution in [2.45, 2.75) is 96.1 Å². The fourth-order valence-electron chi connectivity index (χ4n) is 10.1. The van der Waals surface area contributed by atoms with Gasteiger partial charge in [0.05, 0.1) is 0 Å². The number of hydrogen-bond donors (Lipinski definition) is 5. The zero-order valence-electron chi connectivity index (χ0n) is 37.3. The quantitative estimate of drug-likeness (QED) is 0.111. The van der Waals surface area contributed by atoms with E-state index >= 15 is 0 Å². The molecule has 14 nitrogen and oxygen atoms in total. The molecular weight excluding hydrogens is 831 g/mol. The Labute approximate surface area is 379 Å². The number of nitrogens with one attached hydrogen (secondary N) is 3. The fourth-order valence-corrected chi connectivity index (χ4v) is 10.1. The van der Waals surface area contributed by atoms with E-state index in [0.29, 0.717) is 68.0 Å². The Hall–Kier alpha value is -6.13. The van der Waals surface area contributed by atoms with Gasteiger partial charge < -0.3 is 36.8 Å². The molecule has 65 heavy (non-hydrogen) atoms. The van der Waals surface area contributed by atoms with Gasteiger partial charge in [0.15, 0.2) is 0 Å². The topological polar surface area (TPSA) is 182 Å². The van der Waals surface area contributed by atoms with Crippen LogP contribution in [0.15, 0.2) is 77.1 Å². The number of anilines is 2. The first-order valence-electron chi connectivity index (χ1n) is 22.8. The molecule has 0 aliphatic carbocycles. The van der Waals surface area contributed by atoms with Crippen molar-refractivity contribution in [3.63, 3.8) is 0 Å². The molecule has 344 valence electrons. The van der Waals surface area contributed by atoms with Gasteiger partial charge in [0.2, 0.25) is 17.7 Å². The molecule has 5 aliphatic heterocycles. The Balaban J connectivity index is 0.862. The summed E-state index contributed by atoms with van der Waals surface area (Å²) in [6.45, 7) is 6.82. The lowest BCUT2D eigenvalue weighted by atomic mass is 9.91. The predicted molar refractivity (Wildman–Crippen MR) is 248 cm³/mol. The second-order valence-electron chi connectivity index (χ2n) is 17.7. The normalized spacial score (nSPS) is 20.4. The third kappa shape index (κ3) is 9.93. The molecule has 5 aliphatic rings. The van der Waals surface area contributed by atoms with Crippen LogP contribution < -0.4 is 32.3 Å². The van der Waals surface area contributed by atoms with E-state index in [1.807, 2.05) is 21.9 Å². The summed E-state index contributed by atoms with van der Waals surface area (Å²) >= 11 is 0. The smallest absolute Gasteiger partial charge is 0.264 e. The number of nitrogens with zero attached hydrogens (tertiary/aromatic N) is 5. The third-order valence-corrected chi connectivity index (χ3v) is 13.6. The number of piperidine rings is 2. The Morgan fingerprint density at radius 3 is 2.45 bits per heavy atom. The Bertz CT molecular complexity index is 2390. The number of carbonyl (C=O) groups excluding carboxylic acids is 4. The summed E-state index contributed by atoms with van der Waals surface area (Å²) in [5, 5.41) is 9.72. The predicted octanol–water partition coefficient (Wildman–Crippen LogP) is 4.84. The first-order valence-corrected chi connectivity index (χ1v) is 22.8. The molecule has 0 radical (unpaired) electrons. The first kappa shape index (κ1) is 45.4. The summed E-state index contributed by atoms with van der Waals surface area (Å²) in [5.41, 5.74) is 22.0. The molecule has 8 rings (SSSR count). The number of amides is 4. The van der Waals surface area contributed by atoms with Crippen molar-refractivity contribution in [2.24, 2.45) is 16.5 Å². The van der Waals surface area contributed by atoms with E-state index in [0.717, 1.165) is 79.8 Å². The van der Waals surface area contributed by atoms with E-state index < -0.39 is 24.5 Å². The number of rotatable bonds is 14. The number of carbonyl (C=O) groups is 4. The van der Waals surface area contributed by atoms with Crippen molar-refractivity contribution >= 4 is 46.8 Å². The molecular formula is C49H60F2N10O4. The van der Waals surface area contributed by atoms with Crippen molar-refractivity contribution in [2.75, 3.05) is 56.5 Å². The zero-order valence-corrected chi connectivity index (χ0v) is 37.3. The summed E-state index contributed by atoms with van der Waals surface area (Å²) in [6, 6.07) is 17.3. The summed E-state index contributed by atoms with van der Waals surface area (Å²) < 4.78 is 29.2. The zero-order chi connectivity index (χ0) is 45.8. The number of likely N-dealkylation sites (tertiary alicyclic amines) is 1. The molecule has 0 saturated carbocycles. The van der Waals surface area contributed by atoms with Crippen molar-refractivity contribution < 1.29 is 28.0 Å². The van der Waals surface area contributed by atoms with E-state index in [4.69, 9.17) is 11.5 Å². The van der Waals surface area contributed by atoms with Crippen LogP contribution in [0.4, 0.5) is 20.2 Å². The number of alkyl halides is 2. The molecule has 2 unspecified atom stereocenters. The van der Waals surface area contributed by atoms with E-state index in [9.17, 15) is 28.0 Å². The van der Waals surface area contributed by atoms with E-state index in [1.54, 1.807) is 37.1 Å². The van der Waals surface area contributed by atoms with Crippen LogP contribution in [0.3, 0.4) is 0 Å². The number of benzene rings is 3. The van der Waals surface area contributed by atoms with Crippen LogP contribution in [-0.2, 0) is 40.3 Å². The van der Waals surface area contributed by atoms with Gasteiger partial charge in [-0.25, -0.2) is 8.78 Å². The molecule has 2 atom stereocenters. The Morgan fingerprint density at radius 1 is 0.969 bits per heavy atom. The second kappa shape index (κ2) is 19.9. The molecule has 3 aromatic rings. The number of imide groups is 1. The van der Waals surface area contributed by atoms with Crippen molar-refractivity contribution in [3.05, 3.63) is 111 Å². The molecule has 3 aromatic carbocycles. The maximum absolute atomic E-state index is 14.6.